The van der Waals surface area contributed by atoms with E-state index in [1.165, 1.54) is 26.1 Å². The van der Waals surface area contributed by atoms with Crippen LogP contribution in [0.25, 0.3) is 0 Å². The average Bonchev–Trinajstić information content (AvgIpc) is 2.44. The van der Waals surface area contributed by atoms with Crippen LogP contribution >= 0.6 is 11.6 Å². The highest BCUT2D eigenvalue weighted by atomic mass is 35.5. The van der Waals surface area contributed by atoms with Gasteiger partial charge in [-0.25, -0.2) is 0 Å². The summed E-state index contributed by atoms with van der Waals surface area (Å²) in [6, 6.07) is 8.86. The van der Waals surface area contributed by atoms with E-state index in [1.807, 2.05) is 0 Å². The maximum absolute atomic E-state index is 5.72. The lowest BCUT2D eigenvalue weighted by atomic mass is 9.77. The number of hydrogen-bond donors (Lipinski definition) is 0. The van der Waals surface area contributed by atoms with Crippen molar-refractivity contribution in [2.45, 2.75) is 31.3 Å². The Labute approximate surface area is 120 Å². The van der Waals surface area contributed by atoms with Crippen LogP contribution in [0.3, 0.4) is 0 Å². The zero-order valence-corrected chi connectivity index (χ0v) is 12.1. The number of piperidine rings is 1. The minimum absolute atomic E-state index is 0.434. The highest BCUT2D eigenvalue weighted by molar-refractivity contribution is 6.17. The van der Waals surface area contributed by atoms with Gasteiger partial charge in [0.2, 0.25) is 0 Å². The molecule has 0 radical (unpaired) electrons. The van der Waals surface area contributed by atoms with Crippen molar-refractivity contribution < 1.29 is 4.74 Å². The van der Waals surface area contributed by atoms with Gasteiger partial charge in [0.25, 0.3) is 0 Å². The van der Waals surface area contributed by atoms with Gasteiger partial charge in [-0.1, -0.05) is 24.3 Å². The molecule has 0 aromatic heterocycles. The lowest BCUT2D eigenvalue weighted by Gasteiger charge is -2.38. The van der Waals surface area contributed by atoms with Gasteiger partial charge in [0.15, 0.2) is 0 Å². The van der Waals surface area contributed by atoms with E-state index in [1.54, 1.807) is 11.1 Å². The molecule has 1 unspecified atom stereocenters. The van der Waals surface area contributed by atoms with Crippen LogP contribution in [0.4, 0.5) is 0 Å². The molecule has 19 heavy (non-hydrogen) atoms. The first kappa shape index (κ1) is 13.4. The van der Waals surface area contributed by atoms with Crippen LogP contribution in [-0.2, 0) is 11.2 Å². The number of halogens is 1. The van der Waals surface area contributed by atoms with Crippen LogP contribution in [0, 0.1) is 0 Å². The molecule has 1 aliphatic carbocycles. The predicted octanol–water partition coefficient (Wildman–Crippen LogP) is 3.05. The first-order valence-electron chi connectivity index (χ1n) is 7.34. The number of ether oxygens (including phenoxy) is 1. The van der Waals surface area contributed by atoms with E-state index < -0.39 is 0 Å². The van der Waals surface area contributed by atoms with E-state index in [0.717, 1.165) is 18.8 Å². The van der Waals surface area contributed by atoms with Crippen molar-refractivity contribution in [1.82, 2.24) is 4.90 Å². The normalized spacial score (nSPS) is 23.9. The summed E-state index contributed by atoms with van der Waals surface area (Å²) in [5.74, 6) is 1.37. The Morgan fingerprint density at radius 1 is 1.21 bits per heavy atom. The summed E-state index contributed by atoms with van der Waals surface area (Å²) in [5, 5.41) is 0. The molecule has 3 heteroatoms. The summed E-state index contributed by atoms with van der Waals surface area (Å²) in [5.41, 5.74) is 3.12. The maximum atomic E-state index is 5.72. The molecule has 104 valence electrons. The standard InChI is InChI=1S/C16H22ClNO/c17-7-10-19-15-5-8-18(9-6-15)12-14-11-13-3-1-2-4-16(13)14/h1-4,14-15H,5-12H2. The Morgan fingerprint density at radius 2 is 2.00 bits per heavy atom. The van der Waals surface area contributed by atoms with Gasteiger partial charge < -0.3 is 9.64 Å². The Morgan fingerprint density at radius 3 is 2.74 bits per heavy atom. The van der Waals surface area contributed by atoms with E-state index >= 15 is 0 Å². The number of nitrogens with zero attached hydrogens (tertiary/aromatic N) is 1. The average molecular weight is 280 g/mol. The van der Waals surface area contributed by atoms with Crippen molar-refractivity contribution in [3.8, 4) is 0 Å². The number of rotatable bonds is 5. The van der Waals surface area contributed by atoms with Crippen molar-refractivity contribution >= 4 is 11.6 Å². The maximum Gasteiger partial charge on any atom is 0.0605 e. The van der Waals surface area contributed by atoms with Crippen molar-refractivity contribution in [3.63, 3.8) is 0 Å². The van der Waals surface area contributed by atoms with Gasteiger partial charge in [-0.2, -0.15) is 0 Å². The predicted molar refractivity (Wildman–Crippen MR) is 79.0 cm³/mol. The fourth-order valence-electron chi connectivity index (χ4n) is 3.31. The first-order valence-corrected chi connectivity index (χ1v) is 7.88. The minimum Gasteiger partial charge on any atom is -0.377 e. The smallest absolute Gasteiger partial charge is 0.0605 e. The van der Waals surface area contributed by atoms with Crippen molar-refractivity contribution in [2.24, 2.45) is 0 Å². The molecule has 1 heterocycles. The molecule has 1 fully saturated rings. The highest BCUT2D eigenvalue weighted by Gasteiger charge is 2.29. The SMILES string of the molecule is ClCCOC1CCN(CC2Cc3ccccc32)CC1. The summed E-state index contributed by atoms with van der Waals surface area (Å²) in [6.45, 7) is 4.26. The van der Waals surface area contributed by atoms with Crippen LogP contribution in [0.5, 0.6) is 0 Å². The second-order valence-electron chi connectivity index (χ2n) is 5.66. The molecular formula is C16H22ClNO. The van der Waals surface area contributed by atoms with E-state index in [0.29, 0.717) is 18.6 Å². The number of alkyl halides is 1. The van der Waals surface area contributed by atoms with Crippen LogP contribution in [0.2, 0.25) is 0 Å². The first-order chi connectivity index (χ1) is 9.36. The number of fused-ring (bicyclic) bond motifs is 1. The summed E-state index contributed by atoms with van der Waals surface area (Å²) < 4.78 is 5.72. The largest absolute Gasteiger partial charge is 0.377 e. The third kappa shape index (κ3) is 3.13. The van der Waals surface area contributed by atoms with E-state index in [4.69, 9.17) is 16.3 Å². The zero-order chi connectivity index (χ0) is 13.1. The third-order valence-corrected chi connectivity index (χ3v) is 4.56. The quantitative estimate of drug-likeness (QED) is 0.768. The number of likely N-dealkylation sites (tertiary alicyclic amines) is 1. The Hall–Kier alpha value is -0.570. The van der Waals surface area contributed by atoms with Gasteiger partial charge in [0.1, 0.15) is 0 Å². The molecule has 0 bridgehead atoms. The Balaban J connectivity index is 1.44. The lowest BCUT2D eigenvalue weighted by Crippen LogP contribution is -2.41. The summed E-state index contributed by atoms with van der Waals surface area (Å²) in [6.07, 6.45) is 4.01. The minimum atomic E-state index is 0.434. The van der Waals surface area contributed by atoms with Gasteiger partial charge in [-0.3, -0.25) is 0 Å². The van der Waals surface area contributed by atoms with Gasteiger partial charge in [0, 0.05) is 31.4 Å². The molecular weight excluding hydrogens is 258 g/mol. The molecule has 0 amide bonds. The second kappa shape index (κ2) is 6.25. The second-order valence-corrected chi connectivity index (χ2v) is 6.04. The Bertz CT molecular complexity index is 415. The monoisotopic (exact) mass is 279 g/mol. The van der Waals surface area contributed by atoms with Gasteiger partial charge in [-0.15, -0.1) is 11.6 Å². The molecule has 1 aliphatic heterocycles. The molecule has 1 aromatic rings. The summed E-state index contributed by atoms with van der Waals surface area (Å²) in [7, 11) is 0. The molecule has 0 spiro atoms. The third-order valence-electron chi connectivity index (χ3n) is 4.41. The fourth-order valence-corrected chi connectivity index (χ4v) is 3.40. The number of hydrogen-bond acceptors (Lipinski definition) is 2. The molecule has 0 saturated carbocycles. The molecule has 2 aliphatic rings. The fraction of sp³-hybridized carbons (Fsp3) is 0.625. The molecule has 1 atom stereocenters. The topological polar surface area (TPSA) is 12.5 Å². The molecule has 3 rings (SSSR count). The van der Waals surface area contributed by atoms with E-state index in [2.05, 4.69) is 29.2 Å². The molecule has 2 nitrogen and oxygen atoms in total. The van der Waals surface area contributed by atoms with E-state index in [-0.39, 0.29) is 0 Å². The summed E-state index contributed by atoms with van der Waals surface area (Å²) in [4.78, 5) is 2.60. The van der Waals surface area contributed by atoms with Crippen molar-refractivity contribution in [1.29, 1.82) is 0 Å². The van der Waals surface area contributed by atoms with Gasteiger partial charge in [0.05, 0.1) is 12.7 Å². The van der Waals surface area contributed by atoms with Crippen LogP contribution in [0.15, 0.2) is 24.3 Å². The molecule has 1 aromatic carbocycles. The van der Waals surface area contributed by atoms with Crippen LogP contribution in [-0.4, -0.2) is 43.1 Å². The highest BCUT2D eigenvalue weighted by Crippen LogP contribution is 2.35. The summed E-state index contributed by atoms with van der Waals surface area (Å²) >= 11 is 5.66. The number of benzene rings is 1. The van der Waals surface area contributed by atoms with Gasteiger partial charge in [-0.05, 0) is 30.4 Å². The Kier molecular flexibility index (Phi) is 4.42. The van der Waals surface area contributed by atoms with Gasteiger partial charge >= 0.3 is 0 Å². The van der Waals surface area contributed by atoms with E-state index in [9.17, 15) is 0 Å². The van der Waals surface area contributed by atoms with Crippen LogP contribution < -0.4 is 0 Å². The lowest BCUT2D eigenvalue weighted by molar-refractivity contribution is 0.0135. The zero-order valence-electron chi connectivity index (χ0n) is 11.4. The molecule has 1 saturated heterocycles. The van der Waals surface area contributed by atoms with Crippen molar-refractivity contribution in [3.05, 3.63) is 35.4 Å². The van der Waals surface area contributed by atoms with Crippen molar-refractivity contribution in [2.75, 3.05) is 32.1 Å². The van der Waals surface area contributed by atoms with Crippen LogP contribution in [0.1, 0.15) is 29.9 Å². The molecule has 0 N–H and O–H groups in total.